The maximum absolute atomic E-state index is 12.7. The van der Waals surface area contributed by atoms with E-state index in [1.165, 1.54) is 12.8 Å². The average molecular weight is 339 g/mol. The number of carbonyl (C=O) groups is 1. The molecule has 0 aromatic carbocycles. The van der Waals surface area contributed by atoms with E-state index in [0.717, 1.165) is 47.9 Å². The second-order valence-electron chi connectivity index (χ2n) is 6.56. The molecule has 0 atom stereocenters. The van der Waals surface area contributed by atoms with Crippen LogP contribution in [0.25, 0.3) is 0 Å². The highest BCUT2D eigenvalue weighted by Crippen LogP contribution is 2.38. The Morgan fingerprint density at radius 1 is 1.25 bits per heavy atom. The molecule has 1 aromatic rings. The first-order valence-corrected chi connectivity index (χ1v) is 8.52. The molecule has 1 amide bonds. The maximum Gasteiger partial charge on any atom is 0.270 e. The Kier molecular flexibility index (Phi) is 3.93. The van der Waals surface area contributed by atoms with E-state index < -0.39 is 0 Å². The van der Waals surface area contributed by atoms with Crippen molar-refractivity contribution in [3.05, 3.63) is 22.4 Å². The number of piperidine rings is 1. The lowest BCUT2D eigenvalue weighted by atomic mass is 9.86. The molecule has 0 radical (unpaired) electrons. The number of likely N-dealkylation sites (tertiary alicyclic amines) is 1. The minimum Gasteiger partial charge on any atom is -0.339 e. The van der Waals surface area contributed by atoms with Gasteiger partial charge in [0.15, 0.2) is 0 Å². The lowest BCUT2D eigenvalue weighted by Crippen LogP contribution is -2.40. The summed E-state index contributed by atoms with van der Waals surface area (Å²) in [5.41, 5.74) is 0.863. The predicted octanol–water partition coefficient (Wildman–Crippen LogP) is 4.09. The van der Waals surface area contributed by atoms with Crippen molar-refractivity contribution in [2.75, 3.05) is 13.1 Å². The lowest BCUT2D eigenvalue weighted by Gasteiger charge is -2.34. The van der Waals surface area contributed by atoms with E-state index >= 15 is 0 Å². The van der Waals surface area contributed by atoms with Gasteiger partial charge in [-0.25, -0.2) is 0 Å². The molecule has 2 heterocycles. The van der Waals surface area contributed by atoms with Crippen molar-refractivity contribution < 1.29 is 4.79 Å². The summed E-state index contributed by atoms with van der Waals surface area (Å²) >= 11 is 3.51. The summed E-state index contributed by atoms with van der Waals surface area (Å²) < 4.78 is 3.19. The molecule has 0 bridgehead atoms. The van der Waals surface area contributed by atoms with Crippen LogP contribution in [0.5, 0.6) is 0 Å². The van der Waals surface area contributed by atoms with Crippen molar-refractivity contribution in [3.63, 3.8) is 0 Å². The Hall–Kier alpha value is -0.770. The molecular formula is C16H23BrN2O. The van der Waals surface area contributed by atoms with Crippen LogP contribution in [0.15, 0.2) is 16.7 Å². The molecule has 110 valence electrons. The number of aromatic nitrogens is 1. The molecule has 0 N–H and O–H groups in total. The second-order valence-corrected chi connectivity index (χ2v) is 7.47. The van der Waals surface area contributed by atoms with Gasteiger partial charge in [-0.3, -0.25) is 4.79 Å². The van der Waals surface area contributed by atoms with Crippen LogP contribution in [0.1, 0.15) is 56.1 Å². The van der Waals surface area contributed by atoms with Crippen LogP contribution in [-0.4, -0.2) is 28.5 Å². The van der Waals surface area contributed by atoms with Gasteiger partial charge in [0.05, 0.1) is 0 Å². The summed E-state index contributed by atoms with van der Waals surface area (Å²) in [4.78, 5) is 14.8. The monoisotopic (exact) mass is 338 g/mol. The maximum atomic E-state index is 12.7. The van der Waals surface area contributed by atoms with Crippen molar-refractivity contribution >= 4 is 21.8 Å². The number of hydrogen-bond acceptors (Lipinski definition) is 1. The van der Waals surface area contributed by atoms with Gasteiger partial charge in [-0.2, -0.15) is 0 Å². The third kappa shape index (κ3) is 2.80. The van der Waals surface area contributed by atoms with E-state index in [1.54, 1.807) is 0 Å². The van der Waals surface area contributed by atoms with E-state index in [-0.39, 0.29) is 5.91 Å². The smallest absolute Gasteiger partial charge is 0.270 e. The Morgan fingerprint density at radius 3 is 2.45 bits per heavy atom. The van der Waals surface area contributed by atoms with Gasteiger partial charge in [0, 0.05) is 29.8 Å². The number of carbonyl (C=O) groups excluding carboxylic acids is 1. The molecule has 2 fully saturated rings. The zero-order chi connectivity index (χ0) is 14.3. The Morgan fingerprint density at radius 2 is 1.90 bits per heavy atom. The molecule has 0 unspecified atom stereocenters. The quantitative estimate of drug-likeness (QED) is 0.814. The fourth-order valence-corrected chi connectivity index (χ4v) is 3.64. The molecular weight excluding hydrogens is 316 g/mol. The third-order valence-electron chi connectivity index (χ3n) is 4.74. The minimum absolute atomic E-state index is 0.213. The zero-order valence-electron chi connectivity index (χ0n) is 12.3. The first kappa shape index (κ1) is 14.2. The van der Waals surface area contributed by atoms with E-state index in [2.05, 4.69) is 40.5 Å². The SMILES string of the molecule is CC(C)C1CCN(C(=O)c2cc(Br)cn2C2CC2)CC1. The van der Waals surface area contributed by atoms with Gasteiger partial charge in [0.2, 0.25) is 0 Å². The molecule has 1 saturated heterocycles. The summed E-state index contributed by atoms with van der Waals surface area (Å²) in [6.07, 6.45) is 6.77. The van der Waals surface area contributed by atoms with E-state index in [9.17, 15) is 4.79 Å². The first-order chi connectivity index (χ1) is 9.56. The van der Waals surface area contributed by atoms with Crippen LogP contribution >= 0.6 is 15.9 Å². The Labute approximate surface area is 129 Å². The molecule has 0 spiro atoms. The molecule has 1 saturated carbocycles. The van der Waals surface area contributed by atoms with Crippen LogP contribution in [0.2, 0.25) is 0 Å². The van der Waals surface area contributed by atoms with Crippen LogP contribution in [0.3, 0.4) is 0 Å². The van der Waals surface area contributed by atoms with Gasteiger partial charge >= 0.3 is 0 Å². The molecule has 4 heteroatoms. The number of hydrogen-bond donors (Lipinski definition) is 0. The second kappa shape index (κ2) is 5.55. The standard InChI is InChI=1S/C16H23BrN2O/c1-11(2)12-5-7-18(8-6-12)16(20)15-9-13(17)10-19(15)14-3-4-14/h9-12,14H,3-8H2,1-2H3. The summed E-state index contributed by atoms with van der Waals surface area (Å²) in [7, 11) is 0. The molecule has 2 aliphatic rings. The highest BCUT2D eigenvalue weighted by molar-refractivity contribution is 9.10. The molecule has 3 nitrogen and oxygen atoms in total. The number of nitrogens with zero attached hydrogens (tertiary/aromatic N) is 2. The van der Waals surface area contributed by atoms with Crippen molar-refractivity contribution in [2.24, 2.45) is 11.8 Å². The fourth-order valence-electron chi connectivity index (χ4n) is 3.20. The number of rotatable bonds is 3. The highest BCUT2D eigenvalue weighted by Gasteiger charge is 2.31. The zero-order valence-corrected chi connectivity index (χ0v) is 13.9. The normalized spacial score (nSPS) is 20.7. The largest absolute Gasteiger partial charge is 0.339 e. The molecule has 20 heavy (non-hydrogen) atoms. The van der Waals surface area contributed by atoms with Crippen LogP contribution < -0.4 is 0 Å². The van der Waals surface area contributed by atoms with Crippen LogP contribution in [0.4, 0.5) is 0 Å². The van der Waals surface area contributed by atoms with E-state index in [1.807, 2.05) is 11.0 Å². The van der Waals surface area contributed by atoms with Gasteiger partial charge in [-0.05, 0) is 59.5 Å². The summed E-state index contributed by atoms with van der Waals surface area (Å²) in [6, 6.07) is 2.53. The van der Waals surface area contributed by atoms with E-state index in [0.29, 0.717) is 6.04 Å². The average Bonchev–Trinajstić information content (AvgIpc) is 3.21. The molecule has 1 aliphatic carbocycles. The first-order valence-electron chi connectivity index (χ1n) is 7.73. The van der Waals surface area contributed by atoms with Crippen LogP contribution in [-0.2, 0) is 0 Å². The van der Waals surface area contributed by atoms with Crippen molar-refractivity contribution in [1.29, 1.82) is 0 Å². The Bertz CT molecular complexity index is 497. The van der Waals surface area contributed by atoms with Crippen molar-refractivity contribution in [3.8, 4) is 0 Å². The number of halogens is 1. The molecule has 1 aromatic heterocycles. The van der Waals surface area contributed by atoms with Gasteiger partial charge in [0.25, 0.3) is 5.91 Å². The molecule has 1 aliphatic heterocycles. The van der Waals surface area contributed by atoms with E-state index in [4.69, 9.17) is 0 Å². The highest BCUT2D eigenvalue weighted by atomic mass is 79.9. The topological polar surface area (TPSA) is 25.2 Å². The Balaban J connectivity index is 1.70. The van der Waals surface area contributed by atoms with Crippen molar-refractivity contribution in [2.45, 2.75) is 45.6 Å². The summed E-state index contributed by atoms with van der Waals surface area (Å²) in [5, 5.41) is 0. The van der Waals surface area contributed by atoms with Gasteiger partial charge in [-0.15, -0.1) is 0 Å². The van der Waals surface area contributed by atoms with Crippen molar-refractivity contribution in [1.82, 2.24) is 9.47 Å². The summed E-state index contributed by atoms with van der Waals surface area (Å²) in [5.74, 6) is 1.72. The third-order valence-corrected chi connectivity index (χ3v) is 5.18. The van der Waals surface area contributed by atoms with Gasteiger partial charge in [0.1, 0.15) is 5.69 Å². The van der Waals surface area contributed by atoms with Gasteiger partial charge in [-0.1, -0.05) is 13.8 Å². The van der Waals surface area contributed by atoms with Crippen LogP contribution in [0, 0.1) is 11.8 Å². The lowest BCUT2D eigenvalue weighted by molar-refractivity contribution is 0.0656. The molecule has 3 rings (SSSR count). The summed E-state index contributed by atoms with van der Waals surface area (Å²) in [6.45, 7) is 6.40. The van der Waals surface area contributed by atoms with Gasteiger partial charge < -0.3 is 9.47 Å². The minimum atomic E-state index is 0.213. The number of amides is 1. The predicted molar refractivity (Wildman–Crippen MR) is 83.9 cm³/mol. The fraction of sp³-hybridized carbons (Fsp3) is 0.688.